The Labute approximate surface area is 99.6 Å². The summed E-state index contributed by atoms with van der Waals surface area (Å²) in [6.07, 6.45) is 2.04. The molecule has 1 fully saturated rings. The Morgan fingerprint density at radius 2 is 2.47 bits per heavy atom. The molecule has 1 aromatic rings. The van der Waals surface area contributed by atoms with E-state index in [0.29, 0.717) is 12.3 Å². The lowest BCUT2D eigenvalue weighted by Crippen LogP contribution is -2.24. The van der Waals surface area contributed by atoms with Gasteiger partial charge in [-0.1, -0.05) is 0 Å². The highest BCUT2D eigenvalue weighted by molar-refractivity contribution is 5.88. The molecule has 0 saturated carbocycles. The summed E-state index contributed by atoms with van der Waals surface area (Å²) < 4.78 is 5.20. The van der Waals surface area contributed by atoms with Crippen molar-refractivity contribution in [2.45, 2.75) is 26.0 Å². The molecule has 5 heteroatoms. The fourth-order valence-corrected chi connectivity index (χ4v) is 2.26. The zero-order valence-corrected chi connectivity index (χ0v) is 9.80. The average molecular weight is 239 g/mol. The molecular weight excluding hydrogens is 222 g/mol. The Morgan fingerprint density at radius 1 is 1.71 bits per heavy atom. The Kier molecular flexibility index (Phi) is 3.49. The van der Waals surface area contributed by atoms with Crippen LogP contribution in [-0.4, -0.2) is 40.3 Å². The van der Waals surface area contributed by atoms with E-state index >= 15 is 0 Å². The van der Waals surface area contributed by atoms with Crippen molar-refractivity contribution in [3.63, 3.8) is 0 Å². The summed E-state index contributed by atoms with van der Waals surface area (Å²) in [5, 5.41) is 18.4. The predicted octanol–water partition coefficient (Wildman–Crippen LogP) is 1.18. The molecule has 0 radical (unpaired) electrons. The topological polar surface area (TPSA) is 73.9 Å². The lowest BCUT2D eigenvalue weighted by atomic mass is 10.0. The minimum absolute atomic E-state index is 0.227. The van der Waals surface area contributed by atoms with Crippen LogP contribution in [0.15, 0.2) is 16.7 Å². The number of aliphatic hydroxyl groups excluding tert-OH is 1. The van der Waals surface area contributed by atoms with Gasteiger partial charge in [0.25, 0.3) is 0 Å². The van der Waals surface area contributed by atoms with Gasteiger partial charge in [0.2, 0.25) is 0 Å². The first-order valence-electron chi connectivity index (χ1n) is 5.78. The fourth-order valence-electron chi connectivity index (χ4n) is 2.26. The second-order valence-electron chi connectivity index (χ2n) is 4.59. The average Bonchev–Trinajstić information content (AvgIpc) is 2.86. The Hall–Kier alpha value is -1.33. The summed E-state index contributed by atoms with van der Waals surface area (Å²) in [5.74, 6) is -0.193. The van der Waals surface area contributed by atoms with Crippen LogP contribution in [-0.2, 0) is 6.54 Å². The van der Waals surface area contributed by atoms with Crippen LogP contribution in [0.4, 0.5) is 0 Å². The molecule has 1 aromatic heterocycles. The van der Waals surface area contributed by atoms with Crippen molar-refractivity contribution in [3.05, 3.63) is 23.7 Å². The van der Waals surface area contributed by atoms with Gasteiger partial charge in [-0.15, -0.1) is 0 Å². The first-order chi connectivity index (χ1) is 8.08. The number of carboxylic acid groups (broad SMARTS) is 1. The van der Waals surface area contributed by atoms with Crippen molar-refractivity contribution in [2.24, 2.45) is 5.92 Å². The highest BCUT2D eigenvalue weighted by Gasteiger charge is 2.27. The molecule has 5 nitrogen and oxygen atoms in total. The number of hydrogen-bond donors (Lipinski definition) is 2. The van der Waals surface area contributed by atoms with Crippen LogP contribution in [0.3, 0.4) is 0 Å². The molecule has 1 aliphatic heterocycles. The minimum Gasteiger partial charge on any atom is -0.478 e. The zero-order chi connectivity index (χ0) is 12.4. The summed E-state index contributed by atoms with van der Waals surface area (Å²) >= 11 is 0. The monoisotopic (exact) mass is 239 g/mol. The maximum absolute atomic E-state index is 10.9. The van der Waals surface area contributed by atoms with Crippen LogP contribution in [0.1, 0.15) is 29.5 Å². The van der Waals surface area contributed by atoms with E-state index in [1.807, 2.05) is 0 Å². The van der Waals surface area contributed by atoms with Gasteiger partial charge >= 0.3 is 5.97 Å². The van der Waals surface area contributed by atoms with Gasteiger partial charge < -0.3 is 14.6 Å². The second-order valence-corrected chi connectivity index (χ2v) is 4.59. The maximum Gasteiger partial charge on any atom is 0.339 e. The van der Waals surface area contributed by atoms with Crippen molar-refractivity contribution in [3.8, 4) is 0 Å². The van der Waals surface area contributed by atoms with Gasteiger partial charge in [0.1, 0.15) is 11.3 Å². The molecule has 2 atom stereocenters. The van der Waals surface area contributed by atoms with Crippen molar-refractivity contribution in [1.82, 2.24) is 4.90 Å². The van der Waals surface area contributed by atoms with Crippen LogP contribution >= 0.6 is 0 Å². The Morgan fingerprint density at radius 3 is 3.06 bits per heavy atom. The molecule has 0 bridgehead atoms. The Bertz CT molecular complexity index is 399. The summed E-state index contributed by atoms with van der Waals surface area (Å²) in [5.41, 5.74) is 0.227. The molecule has 1 saturated heterocycles. The van der Waals surface area contributed by atoms with E-state index in [1.54, 1.807) is 6.92 Å². The molecule has 1 aliphatic rings. The lowest BCUT2D eigenvalue weighted by molar-refractivity contribution is 0.0692. The van der Waals surface area contributed by atoms with Crippen molar-refractivity contribution in [1.29, 1.82) is 0 Å². The van der Waals surface area contributed by atoms with Crippen LogP contribution in [0, 0.1) is 5.92 Å². The lowest BCUT2D eigenvalue weighted by Gasteiger charge is -2.16. The highest BCUT2D eigenvalue weighted by Crippen LogP contribution is 2.22. The van der Waals surface area contributed by atoms with Crippen molar-refractivity contribution in [2.75, 3.05) is 13.1 Å². The molecule has 0 amide bonds. The molecule has 2 unspecified atom stereocenters. The molecule has 2 heterocycles. The molecule has 94 valence electrons. The van der Waals surface area contributed by atoms with E-state index < -0.39 is 5.97 Å². The van der Waals surface area contributed by atoms with Crippen LogP contribution in [0.5, 0.6) is 0 Å². The highest BCUT2D eigenvalue weighted by atomic mass is 16.4. The van der Waals surface area contributed by atoms with Crippen LogP contribution in [0.2, 0.25) is 0 Å². The van der Waals surface area contributed by atoms with Crippen molar-refractivity contribution >= 4 is 5.97 Å². The van der Waals surface area contributed by atoms with E-state index in [9.17, 15) is 9.90 Å². The fraction of sp³-hybridized carbons (Fsp3) is 0.583. The number of nitrogens with zero attached hydrogens (tertiary/aromatic N) is 1. The standard InChI is InChI=1S/C12H17NO4/c1-8(14)9-2-4-13(6-9)7-11-10(12(15)16)3-5-17-11/h3,5,8-9,14H,2,4,6-7H2,1H3,(H,15,16). The number of aromatic carboxylic acids is 1. The summed E-state index contributed by atoms with van der Waals surface area (Å²) in [6.45, 7) is 3.95. The summed E-state index contributed by atoms with van der Waals surface area (Å²) in [7, 11) is 0. The third-order valence-electron chi connectivity index (χ3n) is 3.33. The van der Waals surface area contributed by atoms with Gasteiger partial charge in [-0.25, -0.2) is 4.79 Å². The minimum atomic E-state index is -0.958. The smallest absolute Gasteiger partial charge is 0.339 e. The number of furan rings is 1. The largest absolute Gasteiger partial charge is 0.478 e. The number of likely N-dealkylation sites (tertiary alicyclic amines) is 1. The van der Waals surface area contributed by atoms with E-state index in [4.69, 9.17) is 9.52 Å². The summed E-state index contributed by atoms with van der Waals surface area (Å²) in [6, 6.07) is 1.47. The maximum atomic E-state index is 10.9. The third kappa shape index (κ3) is 2.68. The van der Waals surface area contributed by atoms with Gasteiger partial charge in [-0.05, 0) is 31.9 Å². The predicted molar refractivity (Wildman–Crippen MR) is 60.7 cm³/mol. The molecule has 0 aromatic carbocycles. The number of hydrogen-bond acceptors (Lipinski definition) is 4. The first-order valence-corrected chi connectivity index (χ1v) is 5.78. The van der Waals surface area contributed by atoms with Crippen LogP contribution < -0.4 is 0 Å². The number of carboxylic acids is 1. The molecule has 0 aliphatic carbocycles. The second kappa shape index (κ2) is 4.89. The SMILES string of the molecule is CC(O)C1CCN(Cc2occc2C(=O)O)C1. The van der Waals surface area contributed by atoms with E-state index in [0.717, 1.165) is 19.5 Å². The van der Waals surface area contributed by atoms with E-state index in [1.165, 1.54) is 12.3 Å². The molecule has 0 spiro atoms. The number of rotatable bonds is 4. The van der Waals surface area contributed by atoms with Gasteiger partial charge in [0.05, 0.1) is 18.9 Å². The third-order valence-corrected chi connectivity index (χ3v) is 3.33. The van der Waals surface area contributed by atoms with Gasteiger partial charge in [0.15, 0.2) is 0 Å². The van der Waals surface area contributed by atoms with Crippen LogP contribution in [0.25, 0.3) is 0 Å². The van der Waals surface area contributed by atoms with Crippen molar-refractivity contribution < 1.29 is 19.4 Å². The first kappa shape index (κ1) is 12.1. The quantitative estimate of drug-likeness (QED) is 0.825. The normalized spacial score (nSPS) is 22.8. The number of aliphatic hydroxyl groups is 1. The van der Waals surface area contributed by atoms with Gasteiger partial charge in [-0.2, -0.15) is 0 Å². The summed E-state index contributed by atoms with van der Waals surface area (Å²) in [4.78, 5) is 13.0. The van der Waals surface area contributed by atoms with Gasteiger partial charge in [-0.3, -0.25) is 4.90 Å². The Balaban J connectivity index is 1.98. The van der Waals surface area contributed by atoms with Gasteiger partial charge in [0, 0.05) is 6.54 Å². The van der Waals surface area contributed by atoms with E-state index in [2.05, 4.69) is 4.90 Å². The molecule has 2 rings (SSSR count). The number of carbonyl (C=O) groups is 1. The molecule has 2 N–H and O–H groups in total. The van der Waals surface area contributed by atoms with E-state index in [-0.39, 0.29) is 17.6 Å². The molecular formula is C12H17NO4. The zero-order valence-electron chi connectivity index (χ0n) is 9.80. The molecule has 17 heavy (non-hydrogen) atoms.